The van der Waals surface area contributed by atoms with Gasteiger partial charge in [0.15, 0.2) is 0 Å². The summed E-state index contributed by atoms with van der Waals surface area (Å²) in [5.41, 5.74) is -1.03. The number of hydrogen-bond acceptors (Lipinski definition) is 7. The number of esters is 1. The lowest BCUT2D eigenvalue weighted by Gasteiger charge is -2.20. The number of anilines is 1. The summed E-state index contributed by atoms with van der Waals surface area (Å²) < 4.78 is 44.4. The average molecular weight is 417 g/mol. The van der Waals surface area contributed by atoms with Crippen LogP contribution in [0.25, 0.3) is 0 Å². The van der Waals surface area contributed by atoms with Crippen molar-refractivity contribution in [3.05, 3.63) is 22.7 Å². The minimum Gasteiger partial charge on any atom is -0.463 e. The normalized spacial score (nSPS) is 20.5. The van der Waals surface area contributed by atoms with Gasteiger partial charge in [-0.2, -0.15) is 4.98 Å². The summed E-state index contributed by atoms with van der Waals surface area (Å²) in [7, 11) is 0. The molecule has 0 aromatic carbocycles. The summed E-state index contributed by atoms with van der Waals surface area (Å²) in [6.07, 6.45) is -1.87. The second-order valence-electron chi connectivity index (χ2n) is 6.98. The Morgan fingerprint density at radius 1 is 1.41 bits per heavy atom. The lowest BCUT2D eigenvalue weighted by Crippen LogP contribution is -2.35. The summed E-state index contributed by atoms with van der Waals surface area (Å²) >= 11 is 0. The zero-order valence-electron chi connectivity index (χ0n) is 16.5. The SMILES string of the molecule is CCCCOC(=O)Nc1ccn([C@@H]2O[C@@H](COC(=O)C(C)C)CC2(F)F)c(=O)n1. The Morgan fingerprint density at radius 3 is 2.76 bits per heavy atom. The Kier molecular flexibility index (Phi) is 7.66. The molecule has 11 heteroatoms. The zero-order valence-corrected chi connectivity index (χ0v) is 16.5. The number of nitrogens with one attached hydrogen (secondary N) is 1. The molecule has 1 aliphatic rings. The van der Waals surface area contributed by atoms with E-state index in [1.165, 1.54) is 6.07 Å². The van der Waals surface area contributed by atoms with Crippen LogP contribution in [-0.2, 0) is 19.0 Å². The van der Waals surface area contributed by atoms with Crippen LogP contribution in [0, 0.1) is 5.92 Å². The molecule has 2 heterocycles. The van der Waals surface area contributed by atoms with Crippen LogP contribution < -0.4 is 11.0 Å². The predicted molar refractivity (Wildman–Crippen MR) is 97.6 cm³/mol. The fourth-order valence-electron chi connectivity index (χ4n) is 2.55. The monoisotopic (exact) mass is 417 g/mol. The van der Waals surface area contributed by atoms with Gasteiger partial charge in [0.2, 0.25) is 6.23 Å². The molecule has 1 fully saturated rings. The molecular formula is C18H25F2N3O6. The largest absolute Gasteiger partial charge is 0.463 e. The van der Waals surface area contributed by atoms with Crippen molar-refractivity contribution in [2.75, 3.05) is 18.5 Å². The van der Waals surface area contributed by atoms with E-state index in [1.807, 2.05) is 6.92 Å². The Bertz CT molecular complexity index is 783. The summed E-state index contributed by atoms with van der Waals surface area (Å²) in [5, 5.41) is 2.26. The first-order valence-electron chi connectivity index (χ1n) is 9.37. The zero-order chi connectivity index (χ0) is 21.6. The van der Waals surface area contributed by atoms with Gasteiger partial charge >= 0.3 is 17.8 Å². The standard InChI is InChI=1S/C18H25F2N3O6/c1-4-5-8-27-17(26)22-13-6-7-23(16(25)21-13)15-18(19,20)9-12(29-15)10-28-14(24)11(2)3/h6-7,11-12,15H,4-5,8-10H2,1-3H3,(H,21,22,25,26)/t12-,15-/m1/s1. The number of nitrogens with zero attached hydrogens (tertiary/aromatic N) is 2. The fraction of sp³-hybridized carbons (Fsp3) is 0.667. The molecule has 0 radical (unpaired) electrons. The van der Waals surface area contributed by atoms with E-state index < -0.39 is 48.3 Å². The van der Waals surface area contributed by atoms with E-state index in [9.17, 15) is 23.2 Å². The molecule has 0 spiro atoms. The van der Waals surface area contributed by atoms with E-state index in [0.717, 1.165) is 12.6 Å². The Labute approximate surface area is 166 Å². The Hall–Kier alpha value is -2.56. The highest BCUT2D eigenvalue weighted by molar-refractivity contribution is 5.83. The van der Waals surface area contributed by atoms with Crippen molar-refractivity contribution >= 4 is 17.9 Å². The lowest BCUT2D eigenvalue weighted by atomic mass is 10.2. The lowest BCUT2D eigenvalue weighted by molar-refractivity contribution is -0.154. The van der Waals surface area contributed by atoms with Crippen LogP contribution in [0.1, 0.15) is 46.3 Å². The molecule has 2 atom stereocenters. The summed E-state index contributed by atoms with van der Waals surface area (Å²) in [6.45, 7) is 5.05. The van der Waals surface area contributed by atoms with Crippen LogP contribution in [0.15, 0.2) is 17.1 Å². The molecule has 1 aromatic heterocycles. The maximum absolute atomic E-state index is 14.3. The summed E-state index contributed by atoms with van der Waals surface area (Å²) in [5.74, 6) is -4.42. The Balaban J connectivity index is 2.02. The Morgan fingerprint density at radius 2 is 2.14 bits per heavy atom. The molecule has 29 heavy (non-hydrogen) atoms. The number of halogens is 2. The molecule has 2 rings (SSSR count). The topological polar surface area (TPSA) is 109 Å². The molecule has 1 N–H and O–H groups in total. The van der Waals surface area contributed by atoms with Crippen molar-refractivity contribution in [2.24, 2.45) is 5.92 Å². The number of alkyl halides is 2. The van der Waals surface area contributed by atoms with Crippen molar-refractivity contribution in [3.8, 4) is 0 Å². The molecule has 0 bridgehead atoms. The molecule has 9 nitrogen and oxygen atoms in total. The van der Waals surface area contributed by atoms with E-state index >= 15 is 0 Å². The highest BCUT2D eigenvalue weighted by atomic mass is 19.3. The number of rotatable bonds is 8. The smallest absolute Gasteiger partial charge is 0.412 e. The van der Waals surface area contributed by atoms with E-state index in [1.54, 1.807) is 13.8 Å². The first-order chi connectivity index (χ1) is 13.6. The van der Waals surface area contributed by atoms with Crippen molar-refractivity contribution in [3.63, 3.8) is 0 Å². The first kappa shape index (κ1) is 22.7. The van der Waals surface area contributed by atoms with Crippen LogP contribution in [0.2, 0.25) is 0 Å². The molecule has 0 saturated carbocycles. The van der Waals surface area contributed by atoms with Gasteiger partial charge in [-0.25, -0.2) is 18.4 Å². The maximum atomic E-state index is 14.3. The third kappa shape index (κ3) is 6.21. The molecule has 1 aromatic rings. The van der Waals surface area contributed by atoms with Gasteiger partial charge in [-0.1, -0.05) is 27.2 Å². The quantitative estimate of drug-likeness (QED) is 0.512. The second kappa shape index (κ2) is 9.77. The molecule has 1 amide bonds. The van der Waals surface area contributed by atoms with Gasteiger partial charge in [0.25, 0.3) is 5.92 Å². The maximum Gasteiger partial charge on any atom is 0.412 e. The van der Waals surface area contributed by atoms with E-state index in [4.69, 9.17) is 14.2 Å². The van der Waals surface area contributed by atoms with Crippen LogP contribution in [0.5, 0.6) is 0 Å². The minimum absolute atomic E-state index is 0.128. The van der Waals surface area contributed by atoms with Crippen molar-refractivity contribution < 1.29 is 32.6 Å². The van der Waals surface area contributed by atoms with E-state index in [0.29, 0.717) is 11.0 Å². The van der Waals surface area contributed by atoms with E-state index in [2.05, 4.69) is 10.3 Å². The van der Waals surface area contributed by atoms with Gasteiger partial charge in [0.05, 0.1) is 12.5 Å². The highest BCUT2D eigenvalue weighted by Gasteiger charge is 2.52. The molecule has 0 unspecified atom stereocenters. The third-order valence-electron chi connectivity index (χ3n) is 4.11. The van der Waals surface area contributed by atoms with Crippen LogP contribution in [-0.4, -0.2) is 46.9 Å². The third-order valence-corrected chi connectivity index (χ3v) is 4.11. The van der Waals surface area contributed by atoms with Crippen LogP contribution in [0.3, 0.4) is 0 Å². The van der Waals surface area contributed by atoms with Crippen molar-refractivity contribution in [2.45, 2.75) is 58.3 Å². The van der Waals surface area contributed by atoms with Gasteiger partial charge in [0, 0.05) is 12.6 Å². The molecule has 162 valence electrons. The molecule has 1 aliphatic heterocycles. The minimum atomic E-state index is -3.37. The van der Waals surface area contributed by atoms with Crippen LogP contribution >= 0.6 is 0 Å². The predicted octanol–water partition coefficient (Wildman–Crippen LogP) is 2.71. The summed E-state index contributed by atoms with van der Waals surface area (Å²) in [6, 6.07) is 1.19. The number of carbonyl (C=O) groups is 2. The van der Waals surface area contributed by atoms with Gasteiger partial charge in [0.1, 0.15) is 18.5 Å². The van der Waals surface area contributed by atoms with E-state index in [-0.39, 0.29) is 19.0 Å². The van der Waals surface area contributed by atoms with Gasteiger partial charge in [-0.3, -0.25) is 14.7 Å². The van der Waals surface area contributed by atoms with Crippen molar-refractivity contribution in [1.82, 2.24) is 9.55 Å². The van der Waals surface area contributed by atoms with Crippen molar-refractivity contribution in [1.29, 1.82) is 0 Å². The van der Waals surface area contributed by atoms with Gasteiger partial charge in [-0.15, -0.1) is 0 Å². The number of amides is 1. The molecular weight excluding hydrogens is 392 g/mol. The molecule has 1 saturated heterocycles. The number of unbranched alkanes of at least 4 members (excludes halogenated alkanes) is 1. The fourth-order valence-corrected chi connectivity index (χ4v) is 2.55. The van der Waals surface area contributed by atoms with Gasteiger partial charge < -0.3 is 14.2 Å². The highest BCUT2D eigenvalue weighted by Crippen LogP contribution is 2.41. The summed E-state index contributed by atoms with van der Waals surface area (Å²) in [4.78, 5) is 38.8. The number of hydrogen-bond donors (Lipinski definition) is 1. The molecule has 0 aliphatic carbocycles. The number of ether oxygens (including phenoxy) is 3. The van der Waals surface area contributed by atoms with Crippen LogP contribution in [0.4, 0.5) is 19.4 Å². The average Bonchev–Trinajstić information content (AvgIpc) is 2.94. The first-order valence-corrected chi connectivity index (χ1v) is 9.37. The number of aromatic nitrogens is 2. The van der Waals surface area contributed by atoms with Gasteiger partial charge in [-0.05, 0) is 12.5 Å². The number of carbonyl (C=O) groups excluding carboxylic acids is 2. The second-order valence-corrected chi connectivity index (χ2v) is 6.98.